The van der Waals surface area contributed by atoms with Gasteiger partial charge in [-0.25, -0.2) is 9.97 Å². The number of aromatic amines is 1. The first kappa shape index (κ1) is 20.8. The molecule has 0 spiro atoms. The van der Waals surface area contributed by atoms with E-state index < -0.39 is 0 Å². The van der Waals surface area contributed by atoms with Gasteiger partial charge in [-0.1, -0.05) is 22.8 Å². The van der Waals surface area contributed by atoms with Gasteiger partial charge in [0.2, 0.25) is 5.89 Å². The lowest BCUT2D eigenvalue weighted by atomic mass is 9.98. The number of H-pyrrole nitrogens is 1. The summed E-state index contributed by atoms with van der Waals surface area (Å²) in [5.41, 5.74) is 10.4. The molecule has 0 saturated carbocycles. The number of nitrogens with one attached hydrogen (secondary N) is 1. The molecule has 11 heteroatoms. The minimum Gasteiger partial charge on any atom is -0.349 e. The molecule has 1 aromatic carbocycles. The molecule has 3 N–H and O–H groups in total. The van der Waals surface area contributed by atoms with Gasteiger partial charge in [-0.05, 0) is 38.7 Å². The van der Waals surface area contributed by atoms with Crippen LogP contribution in [0.4, 0.5) is 5.82 Å². The maximum absolute atomic E-state index is 6.88. The van der Waals surface area contributed by atoms with Gasteiger partial charge in [0.05, 0.1) is 16.7 Å². The highest BCUT2D eigenvalue weighted by molar-refractivity contribution is 6.38. The van der Waals surface area contributed by atoms with Crippen molar-refractivity contribution in [2.75, 3.05) is 4.90 Å². The van der Waals surface area contributed by atoms with Crippen LogP contribution in [0, 0.1) is 6.92 Å². The SMILES string of the molecule is Cc1noc(Cn2cc3c(Cl)c(-c4c[nH]c5nc(N6C7CC[C@H]6CC(N)C7)cnc45)ccc3n2)n1. The average Bonchev–Trinajstić information content (AvgIpc) is 3.60. The Kier molecular flexibility index (Phi) is 4.62. The van der Waals surface area contributed by atoms with Gasteiger partial charge in [0.15, 0.2) is 11.5 Å². The van der Waals surface area contributed by atoms with Gasteiger partial charge < -0.3 is 20.1 Å². The molecular formula is C24H24ClN9O. The topological polar surface area (TPSA) is 128 Å². The van der Waals surface area contributed by atoms with Crippen LogP contribution < -0.4 is 10.6 Å². The average molecular weight is 490 g/mol. The Hall–Kier alpha value is -3.50. The van der Waals surface area contributed by atoms with Gasteiger partial charge in [-0.15, -0.1) is 0 Å². The fraction of sp³-hybridized carbons (Fsp3) is 0.375. The van der Waals surface area contributed by atoms with Gasteiger partial charge in [0.1, 0.15) is 17.9 Å². The number of aryl methyl sites for hydroxylation is 1. The lowest BCUT2D eigenvalue weighted by molar-refractivity contribution is 0.363. The van der Waals surface area contributed by atoms with E-state index in [1.165, 1.54) is 12.8 Å². The smallest absolute Gasteiger partial charge is 0.248 e. The number of hydrogen-bond acceptors (Lipinski definition) is 8. The van der Waals surface area contributed by atoms with Crippen molar-refractivity contribution in [3.8, 4) is 11.1 Å². The zero-order valence-electron chi connectivity index (χ0n) is 19.1. The van der Waals surface area contributed by atoms with Crippen LogP contribution >= 0.6 is 11.6 Å². The molecule has 6 heterocycles. The van der Waals surface area contributed by atoms with Crippen LogP contribution in [0.1, 0.15) is 37.4 Å². The molecule has 2 aliphatic heterocycles. The summed E-state index contributed by atoms with van der Waals surface area (Å²) in [5, 5.41) is 9.90. The first-order valence-electron chi connectivity index (χ1n) is 11.9. The predicted molar refractivity (Wildman–Crippen MR) is 132 cm³/mol. The molecule has 7 rings (SSSR count). The third-order valence-electron chi connectivity index (χ3n) is 7.23. The van der Waals surface area contributed by atoms with E-state index in [2.05, 4.69) is 25.1 Å². The summed E-state index contributed by atoms with van der Waals surface area (Å²) < 4.78 is 6.97. The Morgan fingerprint density at radius 3 is 2.77 bits per heavy atom. The van der Waals surface area contributed by atoms with E-state index in [1.54, 1.807) is 11.6 Å². The molecule has 178 valence electrons. The number of nitrogens with two attached hydrogens (primary N) is 1. The normalized spacial score (nSPS) is 22.0. The van der Waals surface area contributed by atoms with Crippen LogP contribution in [0.5, 0.6) is 0 Å². The summed E-state index contributed by atoms with van der Waals surface area (Å²) in [6.07, 6.45) is 10.1. The Morgan fingerprint density at radius 2 is 2.00 bits per heavy atom. The van der Waals surface area contributed by atoms with Crippen LogP contribution in [0.3, 0.4) is 0 Å². The Labute approximate surface area is 205 Å². The number of benzene rings is 1. The van der Waals surface area contributed by atoms with Crippen LogP contribution in [0.2, 0.25) is 5.02 Å². The predicted octanol–water partition coefficient (Wildman–Crippen LogP) is 3.83. The van der Waals surface area contributed by atoms with E-state index in [0.717, 1.165) is 51.9 Å². The van der Waals surface area contributed by atoms with Crippen LogP contribution in [-0.2, 0) is 6.54 Å². The van der Waals surface area contributed by atoms with Gasteiger partial charge in [0, 0.05) is 47.0 Å². The summed E-state index contributed by atoms with van der Waals surface area (Å²) in [5.74, 6) is 2.01. The fourth-order valence-electron chi connectivity index (χ4n) is 5.75. The number of hydrogen-bond donors (Lipinski definition) is 2. The number of nitrogens with zero attached hydrogens (tertiary/aromatic N) is 7. The van der Waals surface area contributed by atoms with Crippen molar-refractivity contribution in [3.63, 3.8) is 0 Å². The molecule has 2 unspecified atom stereocenters. The van der Waals surface area contributed by atoms with Crippen LogP contribution in [-0.4, -0.2) is 53.0 Å². The molecule has 2 aliphatic rings. The number of fused-ring (bicyclic) bond motifs is 4. The minimum atomic E-state index is 0.287. The van der Waals surface area contributed by atoms with E-state index >= 15 is 0 Å². The zero-order valence-corrected chi connectivity index (χ0v) is 19.9. The molecule has 5 aromatic rings. The lowest BCUT2D eigenvalue weighted by Gasteiger charge is -2.38. The second-order valence-electron chi connectivity index (χ2n) is 9.57. The van der Waals surface area contributed by atoms with Crippen molar-refractivity contribution in [2.24, 2.45) is 5.73 Å². The third-order valence-corrected chi connectivity index (χ3v) is 7.64. The van der Waals surface area contributed by atoms with E-state index in [-0.39, 0.29) is 6.04 Å². The Morgan fingerprint density at radius 1 is 1.17 bits per heavy atom. The van der Waals surface area contributed by atoms with Crippen molar-refractivity contribution >= 4 is 39.5 Å². The standard InChI is InChI=1S/C24H24ClN9O/c1-12-29-21(35-32-12)11-33-10-18-19(31-33)5-4-16(22(18)25)17-8-28-24-23(17)27-9-20(30-24)34-14-2-3-15(34)7-13(26)6-14/h4-5,8-10,13-15H,2-3,6-7,11,26H2,1H3,(H,28,30)/t13?,14-,15?/m0/s1. The number of anilines is 1. The van der Waals surface area contributed by atoms with Crippen molar-refractivity contribution in [1.29, 1.82) is 0 Å². The van der Waals surface area contributed by atoms with E-state index in [0.29, 0.717) is 35.4 Å². The maximum atomic E-state index is 6.88. The van der Waals surface area contributed by atoms with Crippen molar-refractivity contribution in [3.05, 3.63) is 47.5 Å². The summed E-state index contributed by atoms with van der Waals surface area (Å²) in [6.45, 7) is 2.17. The molecule has 2 saturated heterocycles. The zero-order chi connectivity index (χ0) is 23.7. The highest BCUT2D eigenvalue weighted by Gasteiger charge is 2.40. The summed E-state index contributed by atoms with van der Waals surface area (Å²) in [4.78, 5) is 19.7. The molecule has 4 aromatic heterocycles. The summed E-state index contributed by atoms with van der Waals surface area (Å²) in [7, 11) is 0. The van der Waals surface area contributed by atoms with Gasteiger partial charge >= 0.3 is 0 Å². The summed E-state index contributed by atoms with van der Waals surface area (Å²) >= 11 is 6.88. The first-order valence-corrected chi connectivity index (χ1v) is 12.2. The molecule has 0 aliphatic carbocycles. The second kappa shape index (κ2) is 7.76. The Bertz CT molecular complexity index is 1560. The van der Waals surface area contributed by atoms with Gasteiger partial charge in [0.25, 0.3) is 0 Å². The lowest BCUT2D eigenvalue weighted by Crippen LogP contribution is -2.47. The molecule has 3 atom stereocenters. The molecule has 0 radical (unpaired) electrons. The fourth-order valence-corrected chi connectivity index (χ4v) is 6.06. The number of rotatable bonds is 4. The van der Waals surface area contributed by atoms with E-state index in [4.69, 9.17) is 31.8 Å². The molecule has 2 fully saturated rings. The molecule has 0 amide bonds. The quantitative estimate of drug-likeness (QED) is 0.390. The molecule has 35 heavy (non-hydrogen) atoms. The Balaban J connectivity index is 1.23. The largest absolute Gasteiger partial charge is 0.349 e. The van der Waals surface area contributed by atoms with E-state index in [1.807, 2.05) is 30.7 Å². The highest BCUT2D eigenvalue weighted by Crippen LogP contribution is 2.40. The number of aromatic nitrogens is 7. The van der Waals surface area contributed by atoms with E-state index in [9.17, 15) is 0 Å². The highest BCUT2D eigenvalue weighted by atomic mass is 35.5. The van der Waals surface area contributed by atoms with Crippen molar-refractivity contribution < 1.29 is 4.52 Å². The van der Waals surface area contributed by atoms with Crippen LogP contribution in [0.15, 0.2) is 35.2 Å². The molecule has 10 nitrogen and oxygen atoms in total. The first-order chi connectivity index (χ1) is 17.0. The molecular weight excluding hydrogens is 466 g/mol. The minimum absolute atomic E-state index is 0.287. The van der Waals surface area contributed by atoms with Crippen molar-refractivity contribution in [2.45, 2.75) is 57.3 Å². The number of halogens is 1. The third kappa shape index (κ3) is 3.39. The van der Waals surface area contributed by atoms with Gasteiger partial charge in [-0.2, -0.15) is 10.1 Å². The second-order valence-corrected chi connectivity index (χ2v) is 9.95. The molecule has 2 bridgehead atoms. The van der Waals surface area contributed by atoms with Gasteiger partial charge in [-0.3, -0.25) is 4.68 Å². The number of piperidine rings is 1. The van der Waals surface area contributed by atoms with Crippen LogP contribution in [0.25, 0.3) is 33.2 Å². The van der Waals surface area contributed by atoms with Crippen molar-refractivity contribution in [1.82, 2.24) is 34.9 Å². The monoisotopic (exact) mass is 489 g/mol. The summed E-state index contributed by atoms with van der Waals surface area (Å²) in [6, 6.07) is 5.13. The maximum Gasteiger partial charge on any atom is 0.248 e.